The van der Waals surface area contributed by atoms with Crippen molar-refractivity contribution in [3.63, 3.8) is 0 Å². The third-order valence-electron chi connectivity index (χ3n) is 4.52. The van der Waals surface area contributed by atoms with Crippen LogP contribution in [0.4, 0.5) is 23.1 Å². The molecule has 1 amide bonds. The van der Waals surface area contributed by atoms with Crippen LogP contribution in [0.5, 0.6) is 5.75 Å². The molecule has 0 saturated carbocycles. The van der Waals surface area contributed by atoms with Gasteiger partial charge in [-0.05, 0) is 30.2 Å². The first kappa shape index (κ1) is 24.5. The van der Waals surface area contributed by atoms with Gasteiger partial charge in [-0.3, -0.25) is 4.79 Å². The summed E-state index contributed by atoms with van der Waals surface area (Å²) in [6, 6.07) is 14.7. The first-order chi connectivity index (χ1) is 16.2. The molecule has 0 fully saturated rings. The highest BCUT2D eigenvalue weighted by atomic mass is 32.2. The van der Waals surface area contributed by atoms with E-state index in [4.69, 9.17) is 9.92 Å². The molecular weight excluding hydrogens is 456 g/mol. The van der Waals surface area contributed by atoms with Gasteiger partial charge >= 0.3 is 10.1 Å². The number of primary amides is 1. The average molecular weight is 483 g/mol. The van der Waals surface area contributed by atoms with Gasteiger partial charge in [0, 0.05) is 25.0 Å². The third-order valence-corrected chi connectivity index (χ3v) is 5.00. The highest BCUT2D eigenvalue weighted by Gasteiger charge is 2.14. The summed E-state index contributed by atoms with van der Waals surface area (Å²) >= 11 is 0. The van der Waals surface area contributed by atoms with Gasteiger partial charge < -0.3 is 25.9 Å². The number of carbonyl (C=O) groups excluding carboxylic acids is 1. The number of hydrogen-bond acceptors (Lipinski definition) is 9. The number of nitrogens with zero attached hydrogens (tertiary/aromatic N) is 2. The molecular formula is C23H26N6O4S. The molecule has 0 atom stereocenters. The zero-order valence-electron chi connectivity index (χ0n) is 18.6. The van der Waals surface area contributed by atoms with Crippen molar-refractivity contribution < 1.29 is 17.4 Å². The molecule has 0 bridgehead atoms. The van der Waals surface area contributed by atoms with E-state index in [1.54, 1.807) is 18.2 Å². The Morgan fingerprint density at radius 2 is 1.94 bits per heavy atom. The second-order valence-corrected chi connectivity index (χ2v) is 8.85. The van der Waals surface area contributed by atoms with E-state index in [1.165, 1.54) is 12.3 Å². The topological polar surface area (TPSA) is 148 Å². The molecule has 0 aliphatic heterocycles. The lowest BCUT2D eigenvalue weighted by molar-refractivity contribution is 0.100. The van der Waals surface area contributed by atoms with Crippen LogP contribution in [0.3, 0.4) is 0 Å². The molecule has 34 heavy (non-hydrogen) atoms. The maximum atomic E-state index is 11.8. The normalized spacial score (nSPS) is 10.9. The molecule has 0 saturated heterocycles. The molecule has 0 aliphatic carbocycles. The van der Waals surface area contributed by atoms with Crippen molar-refractivity contribution in [2.24, 2.45) is 5.73 Å². The van der Waals surface area contributed by atoms with E-state index in [0.717, 1.165) is 18.2 Å². The van der Waals surface area contributed by atoms with Gasteiger partial charge in [-0.1, -0.05) is 36.4 Å². The van der Waals surface area contributed by atoms with Crippen LogP contribution >= 0.6 is 0 Å². The van der Waals surface area contributed by atoms with Gasteiger partial charge in [-0.15, -0.1) is 6.58 Å². The Morgan fingerprint density at radius 1 is 1.18 bits per heavy atom. The maximum Gasteiger partial charge on any atom is 0.306 e. The van der Waals surface area contributed by atoms with E-state index < -0.39 is 16.0 Å². The fraction of sp³-hybridized carbons (Fsp3) is 0.174. The monoisotopic (exact) mass is 482 g/mol. The number of benzene rings is 2. The Labute approximate surface area is 198 Å². The molecule has 0 spiro atoms. The highest BCUT2D eigenvalue weighted by Crippen LogP contribution is 2.30. The molecule has 0 unspecified atom stereocenters. The number of hydrogen-bond donors (Lipinski definition) is 4. The molecule has 10 nitrogen and oxygen atoms in total. The Kier molecular flexibility index (Phi) is 8.04. The zero-order valence-corrected chi connectivity index (χ0v) is 19.4. The minimum Gasteiger partial charge on any atom is -0.380 e. The quantitative estimate of drug-likeness (QED) is 0.226. The van der Waals surface area contributed by atoms with Gasteiger partial charge in [0.2, 0.25) is 5.95 Å². The maximum absolute atomic E-state index is 11.8. The van der Waals surface area contributed by atoms with Gasteiger partial charge in [0.05, 0.1) is 17.5 Å². The van der Waals surface area contributed by atoms with Gasteiger partial charge in [0.25, 0.3) is 5.91 Å². The molecule has 0 aliphatic rings. The number of anilines is 4. The van der Waals surface area contributed by atoms with Crippen LogP contribution in [-0.4, -0.2) is 43.6 Å². The number of rotatable bonds is 12. The lowest BCUT2D eigenvalue weighted by atomic mass is 10.1. The summed E-state index contributed by atoms with van der Waals surface area (Å²) in [5.41, 5.74) is 7.78. The van der Waals surface area contributed by atoms with E-state index in [-0.39, 0.29) is 17.3 Å². The van der Waals surface area contributed by atoms with Gasteiger partial charge in [0.15, 0.2) is 5.75 Å². The Bertz CT molecular complexity index is 1270. The predicted molar refractivity (Wildman–Crippen MR) is 133 cm³/mol. The van der Waals surface area contributed by atoms with Gasteiger partial charge in [0.1, 0.15) is 5.82 Å². The number of nitrogens with one attached hydrogen (secondary N) is 3. The molecule has 3 rings (SSSR count). The summed E-state index contributed by atoms with van der Waals surface area (Å²) in [5.74, 6) is 0.0248. The molecule has 11 heteroatoms. The zero-order chi connectivity index (χ0) is 24.6. The molecule has 1 aromatic heterocycles. The van der Waals surface area contributed by atoms with Crippen LogP contribution < -0.4 is 25.9 Å². The van der Waals surface area contributed by atoms with Gasteiger partial charge in [-0.2, -0.15) is 13.4 Å². The standard InChI is InChI=1S/C23H26N6O4S/c1-3-12-25-19-14-17(9-10-20(19)33-34(2,31)32)28-23-27-15-18(21(24)30)22(29-23)26-13-11-16-7-5-4-6-8-16/h3-10,14-15,25H,1,11-13H2,2H3,(H2,24,30)(H2,26,27,28,29). The number of aromatic nitrogens is 2. The first-order valence-electron chi connectivity index (χ1n) is 10.3. The largest absolute Gasteiger partial charge is 0.380 e. The average Bonchev–Trinajstić information content (AvgIpc) is 2.79. The molecule has 2 aromatic carbocycles. The van der Waals surface area contributed by atoms with E-state index in [9.17, 15) is 13.2 Å². The van der Waals surface area contributed by atoms with Crippen LogP contribution in [-0.2, 0) is 16.5 Å². The molecule has 5 N–H and O–H groups in total. The smallest absolute Gasteiger partial charge is 0.306 e. The summed E-state index contributed by atoms with van der Waals surface area (Å²) < 4.78 is 28.1. The minimum atomic E-state index is -3.71. The van der Waals surface area contributed by atoms with Crippen molar-refractivity contribution in [3.8, 4) is 5.75 Å². The third kappa shape index (κ3) is 7.20. The summed E-state index contributed by atoms with van der Waals surface area (Å²) in [4.78, 5) is 20.4. The van der Waals surface area contributed by atoms with Crippen molar-refractivity contribution in [1.82, 2.24) is 9.97 Å². The Balaban J connectivity index is 1.80. The van der Waals surface area contributed by atoms with E-state index in [0.29, 0.717) is 30.3 Å². The summed E-state index contributed by atoms with van der Waals surface area (Å²) in [5, 5.41) is 9.21. The fourth-order valence-electron chi connectivity index (χ4n) is 3.02. The molecule has 0 radical (unpaired) electrons. The number of nitrogens with two attached hydrogens (primary N) is 1. The fourth-order valence-corrected chi connectivity index (χ4v) is 3.49. The lowest BCUT2D eigenvalue weighted by Gasteiger charge is -2.14. The minimum absolute atomic E-state index is 0.142. The van der Waals surface area contributed by atoms with Crippen molar-refractivity contribution in [2.75, 3.05) is 35.3 Å². The van der Waals surface area contributed by atoms with E-state index >= 15 is 0 Å². The summed E-state index contributed by atoms with van der Waals surface area (Å²) in [7, 11) is -3.71. The first-order valence-corrected chi connectivity index (χ1v) is 12.2. The van der Waals surface area contributed by atoms with Crippen molar-refractivity contribution in [1.29, 1.82) is 0 Å². The molecule has 1 heterocycles. The second-order valence-electron chi connectivity index (χ2n) is 7.28. The second kappa shape index (κ2) is 11.1. The van der Waals surface area contributed by atoms with Crippen LogP contribution in [0.2, 0.25) is 0 Å². The Morgan fingerprint density at radius 3 is 2.62 bits per heavy atom. The SMILES string of the molecule is C=CCNc1cc(Nc2ncc(C(N)=O)c(NCCc3ccccc3)n2)ccc1OS(C)(=O)=O. The van der Waals surface area contributed by atoms with Crippen LogP contribution in [0.1, 0.15) is 15.9 Å². The summed E-state index contributed by atoms with van der Waals surface area (Å²) in [6.07, 6.45) is 4.67. The van der Waals surface area contributed by atoms with Crippen molar-refractivity contribution >= 4 is 39.2 Å². The number of amides is 1. The number of carbonyl (C=O) groups is 1. The van der Waals surface area contributed by atoms with E-state index in [2.05, 4.69) is 32.5 Å². The Hall–Kier alpha value is -4.12. The van der Waals surface area contributed by atoms with Crippen molar-refractivity contribution in [2.45, 2.75) is 6.42 Å². The van der Waals surface area contributed by atoms with Crippen LogP contribution in [0.15, 0.2) is 67.4 Å². The highest BCUT2D eigenvalue weighted by molar-refractivity contribution is 7.86. The van der Waals surface area contributed by atoms with Crippen LogP contribution in [0, 0.1) is 0 Å². The van der Waals surface area contributed by atoms with Crippen LogP contribution in [0.25, 0.3) is 0 Å². The van der Waals surface area contributed by atoms with Gasteiger partial charge in [-0.25, -0.2) is 4.98 Å². The lowest BCUT2D eigenvalue weighted by Crippen LogP contribution is -2.18. The predicted octanol–water partition coefficient (Wildman–Crippen LogP) is 2.91. The molecule has 178 valence electrons. The summed E-state index contributed by atoms with van der Waals surface area (Å²) in [6.45, 7) is 4.57. The molecule has 3 aromatic rings. The van der Waals surface area contributed by atoms with E-state index in [1.807, 2.05) is 30.3 Å². The van der Waals surface area contributed by atoms with Crippen molar-refractivity contribution in [3.05, 3.63) is 78.5 Å².